The van der Waals surface area contributed by atoms with Crippen LogP contribution in [-0.4, -0.2) is 36.5 Å². The van der Waals surface area contributed by atoms with E-state index in [0.29, 0.717) is 18.4 Å². The van der Waals surface area contributed by atoms with Gasteiger partial charge in [-0.1, -0.05) is 35.0 Å². The van der Waals surface area contributed by atoms with Crippen molar-refractivity contribution < 1.29 is 4.79 Å². The first-order valence-corrected chi connectivity index (χ1v) is 9.16. The predicted octanol–water partition coefficient (Wildman–Crippen LogP) is 4.10. The van der Waals surface area contributed by atoms with Gasteiger partial charge in [0.05, 0.1) is 0 Å². The van der Waals surface area contributed by atoms with Crippen molar-refractivity contribution in [3.8, 4) is 0 Å². The third-order valence-corrected chi connectivity index (χ3v) is 5.27. The average Bonchev–Trinajstić information content (AvgIpc) is 2.54. The minimum Gasteiger partial charge on any atom is -0.340 e. The normalized spacial score (nSPS) is 15.1. The van der Waals surface area contributed by atoms with Crippen molar-refractivity contribution in [2.75, 3.05) is 19.6 Å². The molecule has 1 aliphatic heterocycles. The van der Waals surface area contributed by atoms with Gasteiger partial charge in [0.25, 0.3) is 0 Å². The highest BCUT2D eigenvalue weighted by Crippen LogP contribution is 2.19. The Hall–Kier alpha value is -0.580. The summed E-state index contributed by atoms with van der Waals surface area (Å²) in [6.45, 7) is 7.20. The van der Waals surface area contributed by atoms with Crippen LogP contribution in [0.3, 0.4) is 0 Å². The van der Waals surface area contributed by atoms with Crippen LogP contribution in [0, 0.1) is 6.92 Å². The van der Waals surface area contributed by atoms with Gasteiger partial charge in [-0.3, -0.25) is 4.79 Å². The van der Waals surface area contributed by atoms with Crippen LogP contribution in [0.1, 0.15) is 43.7 Å². The van der Waals surface area contributed by atoms with Crippen molar-refractivity contribution in [2.24, 2.45) is 0 Å². The third kappa shape index (κ3) is 6.09. The molecule has 0 bridgehead atoms. The summed E-state index contributed by atoms with van der Waals surface area (Å²) in [4.78, 5) is 14.8. The zero-order valence-corrected chi connectivity index (χ0v) is 16.5. The highest BCUT2D eigenvalue weighted by atomic mass is 79.9. The summed E-state index contributed by atoms with van der Waals surface area (Å²) >= 11 is 3.52. The molecule has 0 unspecified atom stereocenters. The van der Waals surface area contributed by atoms with E-state index in [9.17, 15) is 4.79 Å². The fraction of sp³-hybridized carbons (Fsp3) is 0.611. The van der Waals surface area contributed by atoms with Crippen LogP contribution in [0.2, 0.25) is 0 Å². The zero-order chi connectivity index (χ0) is 15.9. The lowest BCUT2D eigenvalue weighted by Crippen LogP contribution is -2.46. The molecule has 0 radical (unpaired) electrons. The molecule has 0 aliphatic carbocycles. The predicted molar refractivity (Wildman–Crippen MR) is 102 cm³/mol. The van der Waals surface area contributed by atoms with Gasteiger partial charge < -0.3 is 10.2 Å². The Kier molecular flexibility index (Phi) is 9.18. The lowest BCUT2D eigenvalue weighted by Gasteiger charge is -2.34. The fourth-order valence-corrected chi connectivity index (χ4v) is 3.37. The molecule has 23 heavy (non-hydrogen) atoms. The number of hydrogen-bond donors (Lipinski definition) is 1. The number of nitrogens with one attached hydrogen (secondary N) is 1. The number of nitrogens with zero attached hydrogens (tertiary/aromatic N) is 1. The Labute approximate surface area is 154 Å². The van der Waals surface area contributed by atoms with Gasteiger partial charge >= 0.3 is 0 Å². The lowest BCUT2D eigenvalue weighted by molar-refractivity contribution is -0.134. The van der Waals surface area contributed by atoms with Gasteiger partial charge in [-0.2, -0.15) is 0 Å². The standard InChI is InChI=1S/C18H27BrN2O.ClH/c1-3-12-21(16-8-10-20-11-9-16)18(22)7-5-15-4-6-17(19)14(2)13-15;/h4,6,13,16,20H,3,5,7-12H2,1-2H3;1H. The van der Waals surface area contributed by atoms with E-state index in [1.807, 2.05) is 0 Å². The molecule has 0 aromatic heterocycles. The van der Waals surface area contributed by atoms with Gasteiger partial charge in [-0.25, -0.2) is 0 Å². The maximum atomic E-state index is 12.7. The number of aryl methyl sites for hydroxylation is 2. The van der Waals surface area contributed by atoms with E-state index in [-0.39, 0.29) is 12.4 Å². The summed E-state index contributed by atoms with van der Waals surface area (Å²) < 4.78 is 1.13. The lowest BCUT2D eigenvalue weighted by atomic mass is 10.0. The number of benzene rings is 1. The summed E-state index contributed by atoms with van der Waals surface area (Å²) in [6, 6.07) is 6.79. The van der Waals surface area contributed by atoms with Gasteiger partial charge in [-0.15, -0.1) is 12.4 Å². The van der Waals surface area contributed by atoms with Crippen LogP contribution >= 0.6 is 28.3 Å². The number of halogens is 2. The number of rotatable bonds is 6. The van der Waals surface area contributed by atoms with Crippen molar-refractivity contribution in [3.63, 3.8) is 0 Å². The number of hydrogen-bond acceptors (Lipinski definition) is 2. The first-order valence-electron chi connectivity index (χ1n) is 8.37. The van der Waals surface area contributed by atoms with E-state index >= 15 is 0 Å². The molecular weight excluding hydrogens is 376 g/mol. The second-order valence-corrected chi connectivity index (χ2v) is 7.01. The largest absolute Gasteiger partial charge is 0.340 e. The van der Waals surface area contributed by atoms with Gasteiger partial charge in [-0.05, 0) is 62.9 Å². The molecule has 1 fully saturated rings. The van der Waals surface area contributed by atoms with Gasteiger partial charge in [0.1, 0.15) is 0 Å². The summed E-state index contributed by atoms with van der Waals surface area (Å²) in [5.74, 6) is 0.314. The Morgan fingerprint density at radius 3 is 2.65 bits per heavy atom. The van der Waals surface area contributed by atoms with Crippen molar-refractivity contribution in [2.45, 2.75) is 52.0 Å². The molecule has 3 nitrogen and oxygen atoms in total. The number of carbonyl (C=O) groups excluding carboxylic acids is 1. The van der Waals surface area contributed by atoms with Crippen LogP contribution < -0.4 is 5.32 Å². The Morgan fingerprint density at radius 1 is 1.35 bits per heavy atom. The maximum absolute atomic E-state index is 12.7. The Balaban J connectivity index is 0.00000264. The van der Waals surface area contributed by atoms with Crippen molar-refractivity contribution in [3.05, 3.63) is 33.8 Å². The van der Waals surface area contributed by atoms with Crippen LogP contribution in [0.25, 0.3) is 0 Å². The minimum atomic E-state index is 0. The van der Waals surface area contributed by atoms with E-state index in [0.717, 1.165) is 49.8 Å². The third-order valence-electron chi connectivity index (χ3n) is 4.38. The van der Waals surface area contributed by atoms with Gasteiger partial charge in [0.15, 0.2) is 0 Å². The monoisotopic (exact) mass is 402 g/mol. The highest BCUT2D eigenvalue weighted by molar-refractivity contribution is 9.10. The topological polar surface area (TPSA) is 32.3 Å². The van der Waals surface area contributed by atoms with Crippen molar-refractivity contribution in [1.29, 1.82) is 0 Å². The summed E-state index contributed by atoms with van der Waals surface area (Å²) in [7, 11) is 0. The molecule has 1 aromatic carbocycles. The van der Waals surface area contributed by atoms with E-state index < -0.39 is 0 Å². The molecule has 130 valence electrons. The smallest absolute Gasteiger partial charge is 0.223 e. The second-order valence-electron chi connectivity index (χ2n) is 6.15. The van der Waals surface area contributed by atoms with Crippen LogP contribution in [0.15, 0.2) is 22.7 Å². The molecule has 1 aliphatic rings. The maximum Gasteiger partial charge on any atom is 0.223 e. The van der Waals surface area contributed by atoms with Crippen LogP contribution in [0.4, 0.5) is 0 Å². The van der Waals surface area contributed by atoms with E-state index in [4.69, 9.17) is 0 Å². The Morgan fingerprint density at radius 2 is 2.04 bits per heavy atom. The second kappa shape index (κ2) is 10.3. The molecular formula is C18H28BrClN2O. The van der Waals surface area contributed by atoms with E-state index in [1.54, 1.807) is 0 Å². The van der Waals surface area contributed by atoms with Crippen LogP contribution in [0.5, 0.6) is 0 Å². The molecule has 5 heteroatoms. The van der Waals surface area contributed by atoms with Crippen LogP contribution in [-0.2, 0) is 11.2 Å². The first-order chi connectivity index (χ1) is 10.6. The molecule has 1 N–H and O–H groups in total. The molecule has 0 atom stereocenters. The molecule has 1 amide bonds. The summed E-state index contributed by atoms with van der Waals surface area (Å²) in [5.41, 5.74) is 2.48. The van der Waals surface area contributed by atoms with Gasteiger partial charge in [0, 0.05) is 23.5 Å². The van der Waals surface area contributed by atoms with Crippen molar-refractivity contribution >= 4 is 34.2 Å². The molecule has 0 spiro atoms. The van der Waals surface area contributed by atoms with E-state index in [2.05, 4.69) is 58.2 Å². The summed E-state index contributed by atoms with van der Waals surface area (Å²) in [6.07, 6.45) is 4.66. The molecule has 2 rings (SSSR count). The number of piperidine rings is 1. The average molecular weight is 404 g/mol. The fourth-order valence-electron chi connectivity index (χ4n) is 3.13. The molecule has 0 saturated carbocycles. The Bertz CT molecular complexity index is 504. The quantitative estimate of drug-likeness (QED) is 0.775. The summed E-state index contributed by atoms with van der Waals surface area (Å²) in [5, 5.41) is 3.38. The first kappa shape index (κ1) is 20.5. The molecule has 1 aromatic rings. The van der Waals surface area contributed by atoms with Gasteiger partial charge in [0.2, 0.25) is 5.91 Å². The SMILES string of the molecule is CCCN(C(=O)CCc1ccc(Br)c(C)c1)C1CCNCC1.Cl. The molecule has 1 saturated heterocycles. The number of carbonyl (C=O) groups is 1. The molecule has 1 heterocycles. The van der Waals surface area contributed by atoms with Crippen molar-refractivity contribution in [1.82, 2.24) is 10.2 Å². The number of amides is 1. The minimum absolute atomic E-state index is 0. The highest BCUT2D eigenvalue weighted by Gasteiger charge is 2.24. The van der Waals surface area contributed by atoms with E-state index in [1.165, 1.54) is 11.1 Å². The zero-order valence-electron chi connectivity index (χ0n) is 14.1.